The molecule has 1 aromatic heterocycles. The van der Waals surface area contributed by atoms with Crippen molar-refractivity contribution in [3.8, 4) is 0 Å². The number of aromatic nitrogens is 2. The molecule has 0 aliphatic heterocycles. The third kappa shape index (κ3) is 4.68. The van der Waals surface area contributed by atoms with E-state index in [-0.39, 0.29) is 0 Å². The summed E-state index contributed by atoms with van der Waals surface area (Å²) in [6.45, 7) is 10.2. The highest BCUT2D eigenvalue weighted by Crippen LogP contribution is 2.39. The van der Waals surface area contributed by atoms with Gasteiger partial charge in [-0.3, -0.25) is 0 Å². The molecule has 1 atom stereocenters. The van der Waals surface area contributed by atoms with Crippen LogP contribution < -0.4 is 5.32 Å². The lowest BCUT2D eigenvalue weighted by Crippen LogP contribution is -2.34. The van der Waals surface area contributed by atoms with Crippen LogP contribution in [0.25, 0.3) is 0 Å². The van der Waals surface area contributed by atoms with Crippen molar-refractivity contribution in [2.24, 2.45) is 5.41 Å². The minimum atomic E-state index is 0.320. The molecule has 1 N–H and O–H groups in total. The average Bonchev–Trinajstić information content (AvgIpc) is 2.43. The highest BCUT2D eigenvalue weighted by Gasteiger charge is 2.33. The number of rotatable bonds is 7. The summed E-state index contributed by atoms with van der Waals surface area (Å²) in [5, 5.41) is 3.67. The summed E-state index contributed by atoms with van der Waals surface area (Å²) in [6.07, 6.45) is 6.70. The molecule has 1 aliphatic carbocycles. The Morgan fingerprint density at radius 3 is 2.86 bits per heavy atom. The van der Waals surface area contributed by atoms with Crippen LogP contribution in [0.3, 0.4) is 0 Å². The van der Waals surface area contributed by atoms with Gasteiger partial charge in [0, 0.05) is 23.5 Å². The van der Waals surface area contributed by atoms with Crippen LogP contribution in [0, 0.1) is 5.41 Å². The van der Waals surface area contributed by atoms with Crippen LogP contribution in [-0.2, 0) is 12.2 Å². The van der Waals surface area contributed by atoms with E-state index in [2.05, 4.69) is 44.2 Å². The lowest BCUT2D eigenvalue weighted by atomic mass is 9.74. The van der Waals surface area contributed by atoms with Crippen molar-refractivity contribution in [3.63, 3.8) is 0 Å². The van der Waals surface area contributed by atoms with E-state index >= 15 is 0 Å². The quantitative estimate of drug-likeness (QED) is 0.769. The van der Waals surface area contributed by atoms with Crippen molar-refractivity contribution >= 4 is 11.8 Å². The Labute approximate surface area is 133 Å². The second kappa shape index (κ2) is 7.59. The van der Waals surface area contributed by atoms with E-state index in [1.54, 1.807) is 0 Å². The number of nitrogens with one attached hydrogen (secondary N) is 1. The molecule has 0 aromatic carbocycles. The summed E-state index contributed by atoms with van der Waals surface area (Å²) in [5.41, 5.74) is 2.91. The molecule has 0 radical (unpaired) electrons. The second-order valence-electron chi connectivity index (χ2n) is 6.79. The number of fused-ring (bicyclic) bond motifs is 1. The zero-order valence-corrected chi connectivity index (χ0v) is 14.7. The van der Waals surface area contributed by atoms with Gasteiger partial charge in [0.05, 0.1) is 5.75 Å². The SMILES string of the molecule is CCCNC1CC(C)(C)Cc2nc(CSCCC)ncc21. The van der Waals surface area contributed by atoms with Crippen LogP contribution in [-0.4, -0.2) is 22.3 Å². The Kier molecular flexibility index (Phi) is 6.06. The first-order chi connectivity index (χ1) is 10.1. The van der Waals surface area contributed by atoms with Gasteiger partial charge in [0.25, 0.3) is 0 Å². The Balaban J connectivity index is 2.15. The van der Waals surface area contributed by atoms with Gasteiger partial charge in [0.15, 0.2) is 0 Å². The molecule has 4 heteroatoms. The molecular weight excluding hydrogens is 278 g/mol. The smallest absolute Gasteiger partial charge is 0.138 e. The Hall–Kier alpha value is -0.610. The fraction of sp³-hybridized carbons (Fsp3) is 0.765. The normalized spacial score (nSPS) is 20.3. The number of hydrogen-bond donors (Lipinski definition) is 1. The Morgan fingerprint density at radius 2 is 2.14 bits per heavy atom. The largest absolute Gasteiger partial charge is 0.310 e. The predicted octanol–water partition coefficient (Wildman–Crippen LogP) is 4.13. The zero-order chi connectivity index (χ0) is 15.3. The molecule has 21 heavy (non-hydrogen) atoms. The molecule has 1 aliphatic rings. The van der Waals surface area contributed by atoms with Gasteiger partial charge in [0.2, 0.25) is 0 Å². The van der Waals surface area contributed by atoms with Gasteiger partial charge in [-0.2, -0.15) is 11.8 Å². The maximum Gasteiger partial charge on any atom is 0.138 e. The maximum atomic E-state index is 4.87. The summed E-state index contributed by atoms with van der Waals surface area (Å²) in [4.78, 5) is 9.47. The molecule has 0 spiro atoms. The van der Waals surface area contributed by atoms with Crippen molar-refractivity contribution in [3.05, 3.63) is 23.3 Å². The summed E-state index contributed by atoms with van der Waals surface area (Å²) >= 11 is 1.93. The van der Waals surface area contributed by atoms with Crippen molar-refractivity contribution in [2.75, 3.05) is 12.3 Å². The summed E-state index contributed by atoms with van der Waals surface area (Å²) in [5.74, 6) is 3.13. The minimum absolute atomic E-state index is 0.320. The van der Waals surface area contributed by atoms with Gasteiger partial charge in [-0.1, -0.05) is 27.7 Å². The molecule has 0 fully saturated rings. The maximum absolute atomic E-state index is 4.87. The first-order valence-electron chi connectivity index (χ1n) is 8.21. The monoisotopic (exact) mass is 307 g/mol. The van der Waals surface area contributed by atoms with Gasteiger partial charge in [-0.05, 0) is 43.4 Å². The Bertz CT molecular complexity index is 459. The van der Waals surface area contributed by atoms with Crippen LogP contribution in [0.4, 0.5) is 0 Å². The van der Waals surface area contributed by atoms with Gasteiger partial charge in [0.1, 0.15) is 5.82 Å². The molecule has 1 aromatic rings. The Morgan fingerprint density at radius 1 is 1.33 bits per heavy atom. The number of hydrogen-bond acceptors (Lipinski definition) is 4. The predicted molar refractivity (Wildman–Crippen MR) is 91.6 cm³/mol. The first-order valence-corrected chi connectivity index (χ1v) is 9.37. The van der Waals surface area contributed by atoms with Gasteiger partial charge in [-0.25, -0.2) is 9.97 Å². The van der Waals surface area contributed by atoms with E-state index in [4.69, 9.17) is 4.98 Å². The third-order valence-corrected chi connectivity index (χ3v) is 5.11. The molecule has 1 heterocycles. The fourth-order valence-corrected chi connectivity index (χ4v) is 3.72. The van der Waals surface area contributed by atoms with E-state index in [0.717, 1.165) is 24.5 Å². The molecule has 0 amide bonds. The van der Waals surface area contributed by atoms with Gasteiger partial charge < -0.3 is 5.32 Å². The van der Waals surface area contributed by atoms with Crippen LogP contribution in [0.15, 0.2) is 6.20 Å². The van der Waals surface area contributed by atoms with E-state index in [0.29, 0.717) is 11.5 Å². The van der Waals surface area contributed by atoms with Crippen LogP contribution >= 0.6 is 11.8 Å². The van der Waals surface area contributed by atoms with Crippen molar-refractivity contribution < 1.29 is 0 Å². The molecule has 2 rings (SSSR count). The van der Waals surface area contributed by atoms with Crippen LogP contribution in [0.1, 0.15) is 70.1 Å². The minimum Gasteiger partial charge on any atom is -0.310 e. The lowest BCUT2D eigenvalue weighted by molar-refractivity contribution is 0.253. The molecule has 118 valence electrons. The highest BCUT2D eigenvalue weighted by atomic mass is 32.2. The van der Waals surface area contributed by atoms with Crippen molar-refractivity contribution in [1.29, 1.82) is 0 Å². The standard InChI is InChI=1S/C17H29N3S/c1-5-7-18-14-9-17(3,4)10-15-13(14)11-19-16(20-15)12-21-8-6-2/h11,14,18H,5-10,12H2,1-4H3. The molecule has 0 saturated carbocycles. The zero-order valence-electron chi connectivity index (χ0n) is 13.9. The average molecular weight is 308 g/mol. The summed E-state index contributed by atoms with van der Waals surface area (Å²) in [6, 6.07) is 0.418. The molecule has 1 unspecified atom stereocenters. The first kappa shape index (κ1) is 16.8. The van der Waals surface area contributed by atoms with Gasteiger partial charge in [-0.15, -0.1) is 0 Å². The highest BCUT2D eigenvalue weighted by molar-refractivity contribution is 7.98. The van der Waals surface area contributed by atoms with Crippen LogP contribution in [0.2, 0.25) is 0 Å². The third-order valence-electron chi connectivity index (χ3n) is 3.95. The molecule has 0 saturated heterocycles. The van der Waals surface area contributed by atoms with Crippen molar-refractivity contribution in [2.45, 2.75) is 65.2 Å². The van der Waals surface area contributed by atoms with E-state index in [9.17, 15) is 0 Å². The summed E-state index contributed by atoms with van der Waals surface area (Å²) in [7, 11) is 0. The van der Waals surface area contributed by atoms with Gasteiger partial charge >= 0.3 is 0 Å². The summed E-state index contributed by atoms with van der Waals surface area (Å²) < 4.78 is 0. The van der Waals surface area contributed by atoms with E-state index in [1.165, 1.54) is 36.3 Å². The molecule has 3 nitrogen and oxygen atoms in total. The van der Waals surface area contributed by atoms with E-state index < -0.39 is 0 Å². The number of nitrogens with zero attached hydrogens (tertiary/aromatic N) is 2. The molecule has 0 bridgehead atoms. The molecular formula is C17H29N3S. The second-order valence-corrected chi connectivity index (χ2v) is 7.90. The van der Waals surface area contributed by atoms with Crippen LogP contribution in [0.5, 0.6) is 0 Å². The van der Waals surface area contributed by atoms with E-state index in [1.807, 2.05) is 11.8 Å². The lowest BCUT2D eigenvalue weighted by Gasteiger charge is -2.36. The van der Waals surface area contributed by atoms with Crippen molar-refractivity contribution in [1.82, 2.24) is 15.3 Å². The number of thioether (sulfide) groups is 1. The topological polar surface area (TPSA) is 37.8 Å². The fourth-order valence-electron chi connectivity index (χ4n) is 2.97.